The van der Waals surface area contributed by atoms with Crippen LogP contribution in [0.5, 0.6) is 0 Å². The lowest BCUT2D eigenvalue weighted by Crippen LogP contribution is -2.41. The Morgan fingerprint density at radius 2 is 2.06 bits per heavy atom. The smallest absolute Gasteiger partial charge is 0.0543 e. The molecule has 1 nitrogen and oxygen atoms in total. The molecule has 1 aromatic carbocycles. The van der Waals surface area contributed by atoms with Crippen LogP contribution >= 0.6 is 35.0 Å². The second-order valence-corrected chi connectivity index (χ2v) is 7.93. The highest BCUT2D eigenvalue weighted by Crippen LogP contribution is 2.43. The highest BCUT2D eigenvalue weighted by atomic mass is 35.5. The minimum absolute atomic E-state index is 0.248. The molecule has 2 atom stereocenters. The molecule has 2 rings (SSSR count). The maximum Gasteiger partial charge on any atom is 0.0543 e. The van der Waals surface area contributed by atoms with Gasteiger partial charge >= 0.3 is 0 Å². The van der Waals surface area contributed by atoms with Crippen molar-refractivity contribution in [2.75, 3.05) is 0 Å². The number of hydrogen-bond acceptors (Lipinski definition) is 2. The maximum absolute atomic E-state index is 6.24. The standard InChI is InChI=1S/C14H19Cl2NS/c1-14(2)6-5-11(17)13(8-14)18-12-7-9(15)3-4-10(12)16/h3-4,7,11,13H,5-6,8,17H2,1-2H3. The minimum Gasteiger partial charge on any atom is -0.327 e. The number of halogens is 2. The van der Waals surface area contributed by atoms with Gasteiger partial charge in [-0.25, -0.2) is 0 Å². The van der Waals surface area contributed by atoms with Gasteiger partial charge in [0.15, 0.2) is 0 Å². The lowest BCUT2D eigenvalue weighted by atomic mass is 9.75. The van der Waals surface area contributed by atoms with Crippen molar-refractivity contribution in [2.45, 2.75) is 49.3 Å². The molecule has 1 saturated carbocycles. The Labute approximate surface area is 123 Å². The highest BCUT2D eigenvalue weighted by Gasteiger charge is 2.33. The summed E-state index contributed by atoms with van der Waals surface area (Å²) < 4.78 is 0. The number of thioether (sulfide) groups is 1. The zero-order valence-corrected chi connectivity index (χ0v) is 13.1. The SMILES string of the molecule is CC1(C)CCC(N)C(Sc2cc(Cl)ccc2Cl)C1. The fourth-order valence-corrected chi connectivity index (χ4v) is 4.44. The molecule has 0 radical (unpaired) electrons. The average molecular weight is 304 g/mol. The molecule has 1 aromatic rings. The first-order valence-electron chi connectivity index (χ1n) is 6.25. The molecule has 2 N–H and O–H groups in total. The number of nitrogens with two attached hydrogens (primary N) is 1. The zero-order valence-electron chi connectivity index (χ0n) is 10.7. The molecule has 0 saturated heterocycles. The predicted octanol–water partition coefficient (Wildman–Crippen LogP) is 4.99. The van der Waals surface area contributed by atoms with Crippen LogP contribution in [0.1, 0.15) is 33.1 Å². The van der Waals surface area contributed by atoms with E-state index in [1.807, 2.05) is 18.2 Å². The Hall–Kier alpha value is 0.110. The van der Waals surface area contributed by atoms with E-state index in [0.29, 0.717) is 10.7 Å². The molecule has 0 aliphatic heterocycles. The van der Waals surface area contributed by atoms with Crippen molar-refractivity contribution in [3.8, 4) is 0 Å². The molecule has 18 heavy (non-hydrogen) atoms. The van der Waals surface area contributed by atoms with Gasteiger partial charge in [0.1, 0.15) is 0 Å². The van der Waals surface area contributed by atoms with Gasteiger partial charge in [-0.05, 0) is 42.9 Å². The van der Waals surface area contributed by atoms with Crippen molar-refractivity contribution in [3.05, 3.63) is 28.2 Å². The van der Waals surface area contributed by atoms with E-state index in [0.717, 1.165) is 27.8 Å². The van der Waals surface area contributed by atoms with Crippen LogP contribution in [0, 0.1) is 5.41 Å². The Bertz CT molecular complexity index is 434. The summed E-state index contributed by atoms with van der Waals surface area (Å²) in [6.07, 6.45) is 3.42. The third-order valence-corrected chi connectivity index (χ3v) is 5.64. The van der Waals surface area contributed by atoms with Gasteiger partial charge in [0, 0.05) is 21.2 Å². The molecule has 0 amide bonds. The van der Waals surface area contributed by atoms with Gasteiger partial charge in [-0.1, -0.05) is 37.0 Å². The van der Waals surface area contributed by atoms with Gasteiger partial charge in [0.05, 0.1) is 5.02 Å². The molecule has 0 aromatic heterocycles. The van der Waals surface area contributed by atoms with Gasteiger partial charge in [-0.2, -0.15) is 0 Å². The van der Waals surface area contributed by atoms with Crippen LogP contribution in [0.2, 0.25) is 10.0 Å². The molecule has 100 valence electrons. The van der Waals surface area contributed by atoms with Crippen molar-refractivity contribution in [1.29, 1.82) is 0 Å². The predicted molar refractivity (Wildman–Crippen MR) is 81.7 cm³/mol. The second-order valence-electron chi connectivity index (χ2n) is 5.80. The van der Waals surface area contributed by atoms with Crippen LogP contribution in [-0.2, 0) is 0 Å². The summed E-state index contributed by atoms with van der Waals surface area (Å²) in [5.74, 6) is 0. The van der Waals surface area contributed by atoms with E-state index in [-0.39, 0.29) is 6.04 Å². The van der Waals surface area contributed by atoms with Gasteiger partial charge in [0.2, 0.25) is 0 Å². The van der Waals surface area contributed by atoms with Crippen LogP contribution in [0.25, 0.3) is 0 Å². The minimum atomic E-state index is 0.248. The van der Waals surface area contributed by atoms with Crippen LogP contribution < -0.4 is 5.73 Å². The second kappa shape index (κ2) is 5.62. The largest absolute Gasteiger partial charge is 0.327 e. The Kier molecular flexibility index (Phi) is 4.53. The molecule has 0 heterocycles. The fourth-order valence-electron chi connectivity index (χ4n) is 2.40. The van der Waals surface area contributed by atoms with E-state index in [2.05, 4.69) is 13.8 Å². The molecule has 0 spiro atoms. The molecule has 1 fully saturated rings. The van der Waals surface area contributed by atoms with Gasteiger partial charge in [-0.15, -0.1) is 11.8 Å². The van der Waals surface area contributed by atoms with Crippen LogP contribution in [0.3, 0.4) is 0 Å². The zero-order chi connectivity index (χ0) is 13.3. The molecule has 2 unspecified atom stereocenters. The van der Waals surface area contributed by atoms with E-state index >= 15 is 0 Å². The Balaban J connectivity index is 2.14. The van der Waals surface area contributed by atoms with E-state index in [4.69, 9.17) is 28.9 Å². The van der Waals surface area contributed by atoms with E-state index < -0.39 is 0 Å². The third-order valence-electron chi connectivity index (χ3n) is 3.56. The fraction of sp³-hybridized carbons (Fsp3) is 0.571. The van der Waals surface area contributed by atoms with Crippen molar-refractivity contribution >= 4 is 35.0 Å². The molecular weight excluding hydrogens is 285 g/mol. The van der Waals surface area contributed by atoms with Crippen molar-refractivity contribution < 1.29 is 0 Å². The van der Waals surface area contributed by atoms with Crippen LogP contribution in [0.4, 0.5) is 0 Å². The lowest BCUT2D eigenvalue weighted by molar-refractivity contribution is 0.232. The summed E-state index contributed by atoms with van der Waals surface area (Å²) in [5, 5.41) is 1.91. The van der Waals surface area contributed by atoms with Crippen molar-refractivity contribution in [2.24, 2.45) is 11.1 Å². The van der Waals surface area contributed by atoms with Gasteiger partial charge in [0.25, 0.3) is 0 Å². The lowest BCUT2D eigenvalue weighted by Gasteiger charge is -2.39. The van der Waals surface area contributed by atoms with E-state index in [1.54, 1.807) is 11.8 Å². The summed E-state index contributed by atoms with van der Waals surface area (Å²) in [6, 6.07) is 5.85. The third kappa shape index (κ3) is 3.57. The number of benzene rings is 1. The van der Waals surface area contributed by atoms with E-state index in [9.17, 15) is 0 Å². The Morgan fingerprint density at radius 3 is 2.78 bits per heavy atom. The highest BCUT2D eigenvalue weighted by molar-refractivity contribution is 8.00. The monoisotopic (exact) mass is 303 g/mol. The summed E-state index contributed by atoms with van der Waals surface area (Å²) in [7, 11) is 0. The van der Waals surface area contributed by atoms with Crippen molar-refractivity contribution in [3.63, 3.8) is 0 Å². The van der Waals surface area contributed by atoms with Crippen LogP contribution in [-0.4, -0.2) is 11.3 Å². The number of rotatable bonds is 2. The summed E-state index contributed by atoms with van der Waals surface area (Å²) in [4.78, 5) is 1.04. The summed E-state index contributed by atoms with van der Waals surface area (Å²) in [5.41, 5.74) is 6.61. The number of hydrogen-bond donors (Lipinski definition) is 1. The first kappa shape index (κ1) is 14.5. The summed E-state index contributed by atoms with van der Waals surface area (Å²) >= 11 is 14.0. The van der Waals surface area contributed by atoms with Gasteiger partial charge in [-0.3, -0.25) is 0 Å². The first-order valence-corrected chi connectivity index (χ1v) is 7.88. The topological polar surface area (TPSA) is 26.0 Å². The summed E-state index contributed by atoms with van der Waals surface area (Å²) in [6.45, 7) is 4.62. The van der Waals surface area contributed by atoms with Gasteiger partial charge < -0.3 is 5.73 Å². The molecule has 4 heteroatoms. The normalized spacial score (nSPS) is 27.2. The van der Waals surface area contributed by atoms with E-state index in [1.165, 1.54) is 6.42 Å². The first-order chi connectivity index (χ1) is 8.37. The average Bonchev–Trinajstić information content (AvgIpc) is 2.28. The molecular formula is C14H19Cl2NS. The molecule has 1 aliphatic carbocycles. The maximum atomic E-state index is 6.24. The quantitative estimate of drug-likeness (QED) is 0.833. The molecule has 0 bridgehead atoms. The Morgan fingerprint density at radius 1 is 1.33 bits per heavy atom. The molecule has 1 aliphatic rings. The van der Waals surface area contributed by atoms with Crippen molar-refractivity contribution in [1.82, 2.24) is 0 Å². The van der Waals surface area contributed by atoms with Crippen LogP contribution in [0.15, 0.2) is 23.1 Å².